The molecular weight excluding hydrogens is 138 g/mol. The van der Waals surface area contributed by atoms with Gasteiger partial charge in [-0.05, 0) is 38.8 Å². The largest absolute Gasteiger partial charge is 0.330 e. The van der Waals surface area contributed by atoms with Crippen molar-refractivity contribution >= 4 is 0 Å². The lowest BCUT2D eigenvalue weighted by molar-refractivity contribution is 0.521. The van der Waals surface area contributed by atoms with Crippen LogP contribution in [0.25, 0.3) is 0 Å². The standard InChI is InChI=1S/C8H21N3/c9-6-2-1-4-8(11)5-3-7-10/h8H,1-7,9-11H2. The van der Waals surface area contributed by atoms with Gasteiger partial charge in [0.25, 0.3) is 0 Å². The molecule has 0 saturated carbocycles. The summed E-state index contributed by atoms with van der Waals surface area (Å²) in [4.78, 5) is 0. The van der Waals surface area contributed by atoms with Crippen LogP contribution in [0.15, 0.2) is 0 Å². The van der Waals surface area contributed by atoms with Crippen molar-refractivity contribution in [1.82, 2.24) is 0 Å². The zero-order valence-corrected chi connectivity index (χ0v) is 7.26. The molecule has 0 bridgehead atoms. The van der Waals surface area contributed by atoms with E-state index in [9.17, 15) is 0 Å². The lowest BCUT2D eigenvalue weighted by Gasteiger charge is -2.09. The van der Waals surface area contributed by atoms with Crippen LogP contribution in [0.5, 0.6) is 0 Å². The Bertz CT molecular complexity index is 75.7. The van der Waals surface area contributed by atoms with Crippen LogP contribution >= 0.6 is 0 Å². The van der Waals surface area contributed by atoms with E-state index in [2.05, 4.69) is 0 Å². The summed E-state index contributed by atoms with van der Waals surface area (Å²) in [6, 6.07) is 0.338. The fraction of sp³-hybridized carbons (Fsp3) is 1.00. The molecule has 1 unspecified atom stereocenters. The molecule has 0 amide bonds. The average molecular weight is 159 g/mol. The van der Waals surface area contributed by atoms with E-state index in [0.717, 1.165) is 45.2 Å². The van der Waals surface area contributed by atoms with Gasteiger partial charge < -0.3 is 17.2 Å². The van der Waals surface area contributed by atoms with Crippen molar-refractivity contribution in [2.24, 2.45) is 17.2 Å². The molecule has 6 N–H and O–H groups in total. The lowest BCUT2D eigenvalue weighted by atomic mass is 10.1. The molecule has 0 aromatic heterocycles. The highest BCUT2D eigenvalue weighted by molar-refractivity contribution is 4.61. The molecule has 0 radical (unpaired) electrons. The van der Waals surface area contributed by atoms with Crippen LogP contribution in [0.2, 0.25) is 0 Å². The van der Waals surface area contributed by atoms with Crippen molar-refractivity contribution in [1.29, 1.82) is 0 Å². The highest BCUT2D eigenvalue weighted by Crippen LogP contribution is 2.02. The van der Waals surface area contributed by atoms with Crippen LogP contribution in [0.1, 0.15) is 32.1 Å². The Hall–Kier alpha value is -0.120. The maximum atomic E-state index is 5.80. The van der Waals surface area contributed by atoms with Gasteiger partial charge in [0.15, 0.2) is 0 Å². The highest BCUT2D eigenvalue weighted by atomic mass is 14.6. The molecule has 68 valence electrons. The van der Waals surface area contributed by atoms with Crippen LogP contribution in [0.4, 0.5) is 0 Å². The summed E-state index contributed by atoms with van der Waals surface area (Å²) in [5.41, 5.74) is 16.5. The Morgan fingerprint density at radius 1 is 0.818 bits per heavy atom. The first-order valence-corrected chi connectivity index (χ1v) is 4.47. The van der Waals surface area contributed by atoms with Crippen LogP contribution in [-0.2, 0) is 0 Å². The summed E-state index contributed by atoms with van der Waals surface area (Å²) in [5, 5.41) is 0. The molecule has 0 saturated heterocycles. The monoisotopic (exact) mass is 159 g/mol. The van der Waals surface area contributed by atoms with E-state index < -0.39 is 0 Å². The quantitative estimate of drug-likeness (QED) is 0.464. The minimum atomic E-state index is 0.338. The summed E-state index contributed by atoms with van der Waals surface area (Å²) in [6.07, 6.45) is 5.45. The molecule has 0 rings (SSSR count). The topological polar surface area (TPSA) is 78.1 Å². The summed E-state index contributed by atoms with van der Waals surface area (Å²) in [7, 11) is 0. The summed E-state index contributed by atoms with van der Waals surface area (Å²) >= 11 is 0. The predicted molar refractivity (Wildman–Crippen MR) is 49.2 cm³/mol. The molecule has 0 spiro atoms. The van der Waals surface area contributed by atoms with Gasteiger partial charge in [0.1, 0.15) is 0 Å². The second-order valence-corrected chi connectivity index (χ2v) is 2.98. The number of rotatable bonds is 7. The van der Waals surface area contributed by atoms with Gasteiger partial charge in [-0.2, -0.15) is 0 Å². The summed E-state index contributed by atoms with van der Waals surface area (Å²) in [5.74, 6) is 0. The molecule has 0 aliphatic carbocycles. The molecule has 11 heavy (non-hydrogen) atoms. The maximum Gasteiger partial charge on any atom is 0.00393 e. The van der Waals surface area contributed by atoms with Crippen LogP contribution in [0, 0.1) is 0 Å². The second-order valence-electron chi connectivity index (χ2n) is 2.98. The minimum absolute atomic E-state index is 0.338. The molecule has 0 aromatic carbocycles. The Morgan fingerprint density at radius 3 is 1.91 bits per heavy atom. The van der Waals surface area contributed by atoms with Gasteiger partial charge in [-0.1, -0.05) is 6.42 Å². The zero-order valence-electron chi connectivity index (χ0n) is 7.26. The van der Waals surface area contributed by atoms with Crippen LogP contribution in [-0.4, -0.2) is 19.1 Å². The molecule has 3 nitrogen and oxygen atoms in total. The van der Waals surface area contributed by atoms with Gasteiger partial charge in [0.2, 0.25) is 0 Å². The first-order chi connectivity index (χ1) is 5.31. The van der Waals surface area contributed by atoms with E-state index in [1.54, 1.807) is 0 Å². The molecule has 0 aromatic rings. The van der Waals surface area contributed by atoms with Gasteiger partial charge in [0.05, 0.1) is 0 Å². The number of nitrogens with two attached hydrogens (primary N) is 3. The van der Waals surface area contributed by atoms with Crippen molar-refractivity contribution in [3.63, 3.8) is 0 Å². The SMILES string of the molecule is NCCCCC(N)CCCN. The Labute approximate surface area is 69.3 Å². The summed E-state index contributed by atoms with van der Waals surface area (Å²) < 4.78 is 0. The molecule has 0 aliphatic heterocycles. The van der Waals surface area contributed by atoms with Crippen molar-refractivity contribution < 1.29 is 0 Å². The Balaban J connectivity index is 3.02. The van der Waals surface area contributed by atoms with E-state index in [4.69, 9.17) is 17.2 Å². The highest BCUT2D eigenvalue weighted by Gasteiger charge is 1.99. The average Bonchev–Trinajstić information content (AvgIpc) is 2.01. The fourth-order valence-corrected chi connectivity index (χ4v) is 1.08. The van der Waals surface area contributed by atoms with E-state index in [1.807, 2.05) is 0 Å². The van der Waals surface area contributed by atoms with E-state index >= 15 is 0 Å². The Kier molecular flexibility index (Phi) is 7.89. The number of unbranched alkanes of at least 4 members (excludes halogenated alkanes) is 1. The smallest absolute Gasteiger partial charge is 0.00393 e. The van der Waals surface area contributed by atoms with Gasteiger partial charge in [0, 0.05) is 6.04 Å². The normalized spacial score (nSPS) is 13.4. The van der Waals surface area contributed by atoms with Crippen LogP contribution in [0.3, 0.4) is 0 Å². The third-order valence-corrected chi connectivity index (χ3v) is 1.81. The van der Waals surface area contributed by atoms with Crippen LogP contribution < -0.4 is 17.2 Å². The number of hydrogen-bond donors (Lipinski definition) is 3. The first kappa shape index (κ1) is 10.9. The first-order valence-electron chi connectivity index (χ1n) is 4.47. The van der Waals surface area contributed by atoms with E-state index in [0.29, 0.717) is 6.04 Å². The van der Waals surface area contributed by atoms with Crippen molar-refractivity contribution in [3.8, 4) is 0 Å². The summed E-state index contributed by atoms with van der Waals surface area (Å²) in [6.45, 7) is 1.54. The van der Waals surface area contributed by atoms with Crippen molar-refractivity contribution in [2.75, 3.05) is 13.1 Å². The molecule has 0 aliphatic rings. The Morgan fingerprint density at radius 2 is 1.36 bits per heavy atom. The number of hydrogen-bond acceptors (Lipinski definition) is 3. The minimum Gasteiger partial charge on any atom is -0.330 e. The van der Waals surface area contributed by atoms with Gasteiger partial charge in [-0.25, -0.2) is 0 Å². The zero-order chi connectivity index (χ0) is 8.53. The third kappa shape index (κ3) is 7.78. The van der Waals surface area contributed by atoms with Crippen molar-refractivity contribution in [3.05, 3.63) is 0 Å². The van der Waals surface area contributed by atoms with Crippen molar-refractivity contribution in [2.45, 2.75) is 38.1 Å². The van der Waals surface area contributed by atoms with E-state index in [1.165, 1.54) is 0 Å². The molecule has 0 heterocycles. The molecular formula is C8H21N3. The molecule has 3 heteroatoms. The maximum absolute atomic E-state index is 5.80. The predicted octanol–water partition coefficient (Wildman–Crippen LogP) is 0.182. The third-order valence-electron chi connectivity index (χ3n) is 1.81. The van der Waals surface area contributed by atoms with Gasteiger partial charge in [-0.15, -0.1) is 0 Å². The fourth-order valence-electron chi connectivity index (χ4n) is 1.08. The lowest BCUT2D eigenvalue weighted by Crippen LogP contribution is -2.21. The molecule has 1 atom stereocenters. The second kappa shape index (κ2) is 7.98. The molecule has 0 fully saturated rings. The van der Waals surface area contributed by atoms with Gasteiger partial charge >= 0.3 is 0 Å². The van der Waals surface area contributed by atoms with E-state index in [-0.39, 0.29) is 0 Å². The van der Waals surface area contributed by atoms with Gasteiger partial charge in [-0.3, -0.25) is 0 Å².